The SMILES string of the molecule is CN(C)c1nc2onc(N)c2cc1F. The van der Waals surface area contributed by atoms with Crippen LogP contribution in [0.2, 0.25) is 0 Å². The average molecular weight is 196 g/mol. The van der Waals surface area contributed by atoms with Gasteiger partial charge >= 0.3 is 0 Å². The van der Waals surface area contributed by atoms with E-state index in [2.05, 4.69) is 10.1 Å². The Morgan fingerprint density at radius 1 is 1.50 bits per heavy atom. The number of halogens is 1. The first-order valence-electron chi connectivity index (χ1n) is 3.98. The number of anilines is 2. The van der Waals surface area contributed by atoms with E-state index in [1.54, 1.807) is 19.0 Å². The standard InChI is InChI=1S/C8H9FN4O/c1-13(2)7-5(9)3-4-6(10)12-14-8(4)11-7/h3H,1-2H3,(H2,10,12). The molecule has 5 nitrogen and oxygen atoms in total. The van der Waals surface area contributed by atoms with Gasteiger partial charge in [-0.05, 0) is 6.07 Å². The summed E-state index contributed by atoms with van der Waals surface area (Å²) in [7, 11) is 3.38. The molecule has 0 aliphatic carbocycles. The highest BCUT2D eigenvalue weighted by molar-refractivity contribution is 5.85. The predicted molar refractivity (Wildman–Crippen MR) is 50.5 cm³/mol. The highest BCUT2D eigenvalue weighted by Crippen LogP contribution is 2.24. The second-order valence-corrected chi connectivity index (χ2v) is 3.11. The third kappa shape index (κ3) is 1.15. The first kappa shape index (κ1) is 8.74. The molecule has 2 aromatic rings. The number of hydrogen-bond acceptors (Lipinski definition) is 5. The largest absolute Gasteiger partial charge is 0.380 e. The zero-order valence-corrected chi connectivity index (χ0v) is 7.78. The van der Waals surface area contributed by atoms with Crippen LogP contribution >= 0.6 is 0 Å². The van der Waals surface area contributed by atoms with Crippen molar-refractivity contribution in [3.8, 4) is 0 Å². The fraction of sp³-hybridized carbons (Fsp3) is 0.250. The molecular formula is C8H9FN4O. The van der Waals surface area contributed by atoms with Crippen molar-refractivity contribution in [2.45, 2.75) is 0 Å². The number of rotatable bonds is 1. The van der Waals surface area contributed by atoms with E-state index >= 15 is 0 Å². The zero-order chi connectivity index (χ0) is 10.3. The normalized spacial score (nSPS) is 10.8. The molecule has 0 fully saturated rings. The van der Waals surface area contributed by atoms with Gasteiger partial charge in [0.05, 0.1) is 5.39 Å². The Hall–Kier alpha value is -1.85. The number of nitrogen functional groups attached to an aromatic ring is 1. The van der Waals surface area contributed by atoms with Gasteiger partial charge in [0.15, 0.2) is 17.5 Å². The molecule has 0 bridgehead atoms. The van der Waals surface area contributed by atoms with Crippen LogP contribution in [-0.4, -0.2) is 24.2 Å². The van der Waals surface area contributed by atoms with Gasteiger partial charge in [0, 0.05) is 14.1 Å². The van der Waals surface area contributed by atoms with E-state index in [4.69, 9.17) is 10.3 Å². The number of fused-ring (bicyclic) bond motifs is 1. The van der Waals surface area contributed by atoms with Gasteiger partial charge in [-0.3, -0.25) is 0 Å². The van der Waals surface area contributed by atoms with Gasteiger partial charge in [-0.25, -0.2) is 4.39 Å². The van der Waals surface area contributed by atoms with Crippen LogP contribution in [0.25, 0.3) is 11.1 Å². The van der Waals surface area contributed by atoms with Crippen LogP contribution in [0.15, 0.2) is 10.6 Å². The van der Waals surface area contributed by atoms with Crippen molar-refractivity contribution in [1.82, 2.24) is 10.1 Å². The molecule has 0 aliphatic heterocycles. The molecule has 0 unspecified atom stereocenters. The third-order valence-corrected chi connectivity index (χ3v) is 1.85. The minimum atomic E-state index is -0.447. The summed E-state index contributed by atoms with van der Waals surface area (Å²) in [5, 5.41) is 3.89. The van der Waals surface area contributed by atoms with Crippen molar-refractivity contribution in [2.24, 2.45) is 0 Å². The average Bonchev–Trinajstić information content (AvgIpc) is 2.46. The molecule has 0 saturated heterocycles. The summed E-state index contributed by atoms with van der Waals surface area (Å²) < 4.78 is 18.2. The van der Waals surface area contributed by atoms with Gasteiger partial charge in [0.1, 0.15) is 0 Å². The molecule has 0 saturated carbocycles. The number of nitrogens with two attached hydrogens (primary N) is 1. The van der Waals surface area contributed by atoms with E-state index < -0.39 is 5.82 Å². The number of aromatic nitrogens is 2. The molecule has 74 valence electrons. The minimum Gasteiger partial charge on any atom is -0.380 e. The predicted octanol–water partition coefficient (Wildman–Crippen LogP) is 1.01. The second kappa shape index (κ2) is 2.83. The first-order valence-corrected chi connectivity index (χ1v) is 3.98. The summed E-state index contributed by atoms with van der Waals surface area (Å²) in [6.45, 7) is 0. The van der Waals surface area contributed by atoms with E-state index in [0.717, 1.165) is 0 Å². The molecule has 2 heterocycles. The van der Waals surface area contributed by atoms with Crippen molar-refractivity contribution >= 4 is 22.7 Å². The van der Waals surface area contributed by atoms with E-state index in [0.29, 0.717) is 5.39 Å². The minimum absolute atomic E-state index is 0.150. The Kier molecular flexibility index (Phi) is 1.77. The first-order chi connectivity index (χ1) is 6.59. The summed E-state index contributed by atoms with van der Waals surface area (Å²) in [5.74, 6) is -0.0947. The summed E-state index contributed by atoms with van der Waals surface area (Å²) in [4.78, 5) is 5.49. The summed E-state index contributed by atoms with van der Waals surface area (Å²) in [6, 6.07) is 1.27. The van der Waals surface area contributed by atoms with Crippen LogP contribution in [0.1, 0.15) is 0 Å². The molecule has 0 radical (unpaired) electrons. The van der Waals surface area contributed by atoms with Crippen LogP contribution < -0.4 is 10.6 Å². The molecule has 0 aromatic carbocycles. The molecule has 0 atom stereocenters. The van der Waals surface area contributed by atoms with Crippen LogP contribution in [0, 0.1) is 5.82 Å². The van der Waals surface area contributed by atoms with E-state index in [9.17, 15) is 4.39 Å². The third-order valence-electron chi connectivity index (χ3n) is 1.85. The quantitative estimate of drug-likeness (QED) is 0.737. The maximum absolute atomic E-state index is 13.4. The lowest BCUT2D eigenvalue weighted by Gasteiger charge is -2.10. The number of hydrogen-bond donors (Lipinski definition) is 1. The lowest BCUT2D eigenvalue weighted by molar-refractivity contribution is 0.452. The molecule has 2 rings (SSSR count). The Balaban J connectivity index is 2.72. The Morgan fingerprint density at radius 2 is 2.21 bits per heavy atom. The van der Waals surface area contributed by atoms with Crippen LogP contribution in [0.5, 0.6) is 0 Å². The van der Waals surface area contributed by atoms with E-state index in [1.165, 1.54) is 6.07 Å². The maximum Gasteiger partial charge on any atom is 0.262 e. The van der Waals surface area contributed by atoms with Crippen molar-refractivity contribution < 1.29 is 8.91 Å². The van der Waals surface area contributed by atoms with Gasteiger partial charge in [-0.15, -0.1) is 0 Å². The smallest absolute Gasteiger partial charge is 0.262 e. The summed E-state index contributed by atoms with van der Waals surface area (Å²) >= 11 is 0. The number of nitrogens with zero attached hydrogens (tertiary/aromatic N) is 3. The van der Waals surface area contributed by atoms with Gasteiger partial charge < -0.3 is 15.2 Å². The molecule has 14 heavy (non-hydrogen) atoms. The van der Waals surface area contributed by atoms with Crippen LogP contribution in [0.3, 0.4) is 0 Å². The highest BCUT2D eigenvalue weighted by Gasteiger charge is 2.13. The van der Waals surface area contributed by atoms with Gasteiger partial charge in [-0.2, -0.15) is 4.98 Å². The number of pyridine rings is 1. The molecule has 2 aromatic heterocycles. The monoisotopic (exact) mass is 196 g/mol. The van der Waals surface area contributed by atoms with Gasteiger partial charge in [0.25, 0.3) is 5.71 Å². The second-order valence-electron chi connectivity index (χ2n) is 3.11. The van der Waals surface area contributed by atoms with Crippen molar-refractivity contribution in [2.75, 3.05) is 24.7 Å². The van der Waals surface area contributed by atoms with Gasteiger partial charge in [-0.1, -0.05) is 5.16 Å². The fourth-order valence-electron chi connectivity index (χ4n) is 1.17. The summed E-state index contributed by atoms with van der Waals surface area (Å²) in [5.41, 5.74) is 5.69. The molecule has 0 spiro atoms. The lowest BCUT2D eigenvalue weighted by atomic mass is 10.3. The van der Waals surface area contributed by atoms with Crippen molar-refractivity contribution in [3.05, 3.63) is 11.9 Å². The summed E-state index contributed by atoms with van der Waals surface area (Å²) in [6.07, 6.45) is 0. The molecule has 0 amide bonds. The molecule has 2 N–H and O–H groups in total. The lowest BCUT2D eigenvalue weighted by Crippen LogP contribution is -2.12. The Morgan fingerprint density at radius 3 is 2.86 bits per heavy atom. The topological polar surface area (TPSA) is 68.2 Å². The van der Waals surface area contributed by atoms with Gasteiger partial charge in [0.2, 0.25) is 0 Å². The Labute approximate surface area is 79.3 Å². The van der Waals surface area contributed by atoms with E-state index in [-0.39, 0.29) is 17.3 Å². The molecule has 0 aliphatic rings. The maximum atomic E-state index is 13.4. The highest BCUT2D eigenvalue weighted by atomic mass is 19.1. The van der Waals surface area contributed by atoms with Crippen LogP contribution in [-0.2, 0) is 0 Å². The van der Waals surface area contributed by atoms with Crippen molar-refractivity contribution in [3.63, 3.8) is 0 Å². The fourth-order valence-corrected chi connectivity index (χ4v) is 1.17. The zero-order valence-electron chi connectivity index (χ0n) is 7.78. The van der Waals surface area contributed by atoms with E-state index in [1.807, 2.05) is 0 Å². The van der Waals surface area contributed by atoms with Crippen molar-refractivity contribution in [1.29, 1.82) is 0 Å². The molecule has 6 heteroatoms. The molecular weight excluding hydrogens is 187 g/mol. The Bertz CT molecular complexity index is 479. The van der Waals surface area contributed by atoms with Crippen LogP contribution in [0.4, 0.5) is 16.0 Å².